The monoisotopic (exact) mass is 527 g/mol. The maximum atomic E-state index is 15.0. The van der Waals surface area contributed by atoms with Crippen LogP contribution in [0, 0.1) is 11.2 Å². The molecule has 9 heteroatoms. The Bertz CT molecular complexity index is 1110. The second-order valence-electron chi connectivity index (χ2n) is 11.2. The van der Waals surface area contributed by atoms with Gasteiger partial charge >= 0.3 is 0 Å². The van der Waals surface area contributed by atoms with E-state index >= 15 is 0 Å². The van der Waals surface area contributed by atoms with Crippen LogP contribution in [0.3, 0.4) is 0 Å². The smallest absolute Gasteiger partial charge is 0.250 e. The number of halogens is 1. The van der Waals surface area contributed by atoms with Crippen LogP contribution in [0.1, 0.15) is 83.6 Å². The fourth-order valence-electron chi connectivity index (χ4n) is 4.53. The summed E-state index contributed by atoms with van der Waals surface area (Å²) in [5.41, 5.74) is 8.86. The zero-order valence-corrected chi connectivity index (χ0v) is 24.4. The van der Waals surface area contributed by atoms with E-state index in [4.69, 9.17) is 5.73 Å². The molecule has 0 spiro atoms. The van der Waals surface area contributed by atoms with E-state index in [1.54, 1.807) is 6.20 Å². The van der Waals surface area contributed by atoms with Crippen molar-refractivity contribution in [1.29, 1.82) is 0 Å². The predicted molar refractivity (Wildman–Crippen MR) is 156 cm³/mol. The summed E-state index contributed by atoms with van der Waals surface area (Å²) in [5, 5.41) is 10.0. The predicted octanol–water partition coefficient (Wildman–Crippen LogP) is 5.46. The standard InChI is InChI=1S/C29H46FN7O/c1-10-12-37(9)26-13-21(16-33-24(26)11-2)32-17-25-22(27(31)38)14-23(30)28(36-25)35-20(5)19(4)34-18(3)15-29(6,7)8/h10,12-14,16,18-20,32,34H,11,15,17H2,1-9H3,(H2,31,38)(H,35,36)/b12-10-/t18?,19-,20?/m0/s1. The molecule has 3 atom stereocenters. The molecule has 38 heavy (non-hydrogen) atoms. The van der Waals surface area contributed by atoms with Gasteiger partial charge in [-0.25, -0.2) is 9.37 Å². The topological polar surface area (TPSA) is 108 Å². The number of nitrogens with zero attached hydrogens (tertiary/aromatic N) is 3. The lowest BCUT2D eigenvalue weighted by molar-refractivity contribution is 0.0998. The molecule has 0 aromatic carbocycles. The first-order valence-electron chi connectivity index (χ1n) is 13.4. The number of nitrogens with two attached hydrogens (primary N) is 1. The normalized spacial score (nSPS) is 14.3. The lowest BCUT2D eigenvalue weighted by Crippen LogP contribution is -2.45. The Kier molecular flexibility index (Phi) is 11.1. The van der Waals surface area contributed by atoms with Crippen LogP contribution in [0.15, 0.2) is 30.6 Å². The number of amides is 1. The molecule has 5 N–H and O–H groups in total. The number of nitrogens with one attached hydrogen (secondary N) is 3. The number of aromatic nitrogens is 2. The molecular weight excluding hydrogens is 481 g/mol. The van der Waals surface area contributed by atoms with Crippen LogP contribution in [-0.4, -0.2) is 41.0 Å². The number of rotatable bonds is 13. The van der Waals surface area contributed by atoms with Gasteiger partial charge in [0.2, 0.25) is 0 Å². The van der Waals surface area contributed by atoms with E-state index < -0.39 is 11.7 Å². The Morgan fingerprint density at radius 3 is 2.45 bits per heavy atom. The van der Waals surface area contributed by atoms with Gasteiger partial charge in [0, 0.05) is 25.2 Å². The fourth-order valence-corrected chi connectivity index (χ4v) is 4.53. The number of aryl methyl sites for hydroxylation is 1. The molecule has 210 valence electrons. The highest BCUT2D eigenvalue weighted by atomic mass is 19.1. The Balaban J connectivity index is 2.24. The summed E-state index contributed by atoms with van der Waals surface area (Å²) in [6.07, 6.45) is 7.47. The van der Waals surface area contributed by atoms with Crippen molar-refractivity contribution in [3.8, 4) is 0 Å². The molecule has 0 aliphatic rings. The van der Waals surface area contributed by atoms with Crippen LogP contribution < -0.4 is 26.6 Å². The van der Waals surface area contributed by atoms with Gasteiger partial charge in [-0.15, -0.1) is 0 Å². The minimum Gasteiger partial charge on any atom is -0.378 e. The van der Waals surface area contributed by atoms with Gasteiger partial charge in [-0.2, -0.15) is 0 Å². The molecule has 2 aromatic heterocycles. The van der Waals surface area contributed by atoms with Gasteiger partial charge in [0.05, 0.1) is 41.1 Å². The summed E-state index contributed by atoms with van der Waals surface area (Å²) >= 11 is 0. The van der Waals surface area contributed by atoms with Crippen LogP contribution in [0.5, 0.6) is 0 Å². The maximum absolute atomic E-state index is 15.0. The summed E-state index contributed by atoms with van der Waals surface area (Å²) in [6.45, 7) is 17.0. The highest BCUT2D eigenvalue weighted by Crippen LogP contribution is 2.25. The van der Waals surface area contributed by atoms with Gasteiger partial charge in [0.15, 0.2) is 11.6 Å². The van der Waals surface area contributed by atoms with Crippen molar-refractivity contribution in [2.75, 3.05) is 22.6 Å². The molecule has 2 aromatic rings. The third kappa shape index (κ3) is 8.97. The van der Waals surface area contributed by atoms with E-state index in [0.717, 1.165) is 36.0 Å². The van der Waals surface area contributed by atoms with Crippen molar-refractivity contribution >= 4 is 23.1 Å². The van der Waals surface area contributed by atoms with Crippen molar-refractivity contribution in [2.24, 2.45) is 11.1 Å². The molecule has 8 nitrogen and oxygen atoms in total. The number of allylic oxidation sites excluding steroid dienone is 1. The van der Waals surface area contributed by atoms with E-state index in [0.29, 0.717) is 11.7 Å². The van der Waals surface area contributed by atoms with Crippen molar-refractivity contribution < 1.29 is 9.18 Å². The van der Waals surface area contributed by atoms with Gasteiger partial charge in [0.1, 0.15) is 0 Å². The Morgan fingerprint density at radius 2 is 1.87 bits per heavy atom. The van der Waals surface area contributed by atoms with Crippen molar-refractivity contribution in [2.45, 2.75) is 92.9 Å². The van der Waals surface area contributed by atoms with Crippen LogP contribution in [0.2, 0.25) is 0 Å². The molecule has 0 aliphatic heterocycles. The Morgan fingerprint density at radius 1 is 1.18 bits per heavy atom. The molecule has 2 rings (SSSR count). The van der Waals surface area contributed by atoms with Gasteiger partial charge in [-0.3, -0.25) is 9.78 Å². The number of carbonyl (C=O) groups is 1. The SMILES string of the molecule is C/C=C\N(C)c1cc(NCc2nc(NC(C)[C@H](C)NC(C)CC(C)(C)C)c(F)cc2C(N)=O)cnc1CC. The van der Waals surface area contributed by atoms with Crippen LogP contribution >= 0.6 is 0 Å². The first-order valence-corrected chi connectivity index (χ1v) is 13.4. The van der Waals surface area contributed by atoms with Crippen LogP contribution in [0.4, 0.5) is 21.6 Å². The third-order valence-electron chi connectivity index (χ3n) is 6.40. The molecule has 0 radical (unpaired) electrons. The highest BCUT2D eigenvalue weighted by molar-refractivity contribution is 5.94. The van der Waals surface area contributed by atoms with E-state index in [-0.39, 0.29) is 35.4 Å². The van der Waals surface area contributed by atoms with Crippen molar-refractivity contribution in [1.82, 2.24) is 15.3 Å². The second kappa shape index (κ2) is 13.6. The number of pyridine rings is 2. The summed E-state index contributed by atoms with van der Waals surface area (Å²) in [7, 11) is 1.96. The lowest BCUT2D eigenvalue weighted by Gasteiger charge is -2.30. The number of carbonyl (C=O) groups excluding carboxylic acids is 1. The molecular formula is C29H46FN7O. The van der Waals surface area contributed by atoms with Gasteiger partial charge in [-0.1, -0.05) is 33.8 Å². The van der Waals surface area contributed by atoms with Crippen LogP contribution in [-0.2, 0) is 13.0 Å². The molecule has 0 bridgehead atoms. The summed E-state index contributed by atoms with van der Waals surface area (Å²) < 4.78 is 15.0. The van der Waals surface area contributed by atoms with Gasteiger partial charge in [0.25, 0.3) is 5.91 Å². The van der Waals surface area contributed by atoms with E-state index in [1.807, 2.05) is 44.1 Å². The van der Waals surface area contributed by atoms with Gasteiger partial charge in [-0.05, 0) is 64.3 Å². The first kappa shape index (κ1) is 31.0. The Labute approximate surface area is 227 Å². The molecule has 1 amide bonds. The lowest BCUT2D eigenvalue weighted by atomic mass is 9.88. The number of anilines is 3. The molecule has 0 aliphatic carbocycles. The zero-order valence-electron chi connectivity index (χ0n) is 24.4. The number of primary amides is 1. The van der Waals surface area contributed by atoms with E-state index in [2.05, 4.69) is 67.5 Å². The Hall–Kier alpha value is -3.20. The minimum absolute atomic E-state index is 0.0440. The largest absolute Gasteiger partial charge is 0.378 e. The van der Waals surface area contributed by atoms with Crippen molar-refractivity contribution in [3.63, 3.8) is 0 Å². The fraction of sp³-hybridized carbons (Fsp3) is 0.552. The number of hydrogen-bond donors (Lipinski definition) is 4. The first-order chi connectivity index (χ1) is 17.7. The van der Waals surface area contributed by atoms with Crippen molar-refractivity contribution in [3.05, 3.63) is 53.4 Å². The summed E-state index contributed by atoms with van der Waals surface area (Å²) in [4.78, 5) is 23.1. The van der Waals surface area contributed by atoms with Crippen LogP contribution in [0.25, 0.3) is 0 Å². The van der Waals surface area contributed by atoms with E-state index in [9.17, 15) is 9.18 Å². The second-order valence-corrected chi connectivity index (χ2v) is 11.2. The third-order valence-corrected chi connectivity index (χ3v) is 6.40. The average Bonchev–Trinajstić information content (AvgIpc) is 2.82. The molecule has 0 saturated heterocycles. The average molecular weight is 528 g/mol. The highest BCUT2D eigenvalue weighted by Gasteiger charge is 2.22. The molecule has 2 unspecified atom stereocenters. The molecule has 0 saturated carbocycles. The molecule has 0 fully saturated rings. The summed E-state index contributed by atoms with van der Waals surface area (Å²) in [6, 6.07) is 3.39. The maximum Gasteiger partial charge on any atom is 0.250 e. The van der Waals surface area contributed by atoms with Gasteiger partial charge < -0.3 is 26.6 Å². The zero-order chi connectivity index (χ0) is 28.6. The molecule has 2 heterocycles. The van der Waals surface area contributed by atoms with E-state index in [1.165, 1.54) is 0 Å². The summed E-state index contributed by atoms with van der Waals surface area (Å²) in [5.74, 6) is -1.26. The quantitative estimate of drug-likeness (QED) is 0.274. The minimum atomic E-state index is -0.730. The number of hydrogen-bond acceptors (Lipinski definition) is 7.